The maximum absolute atomic E-state index is 12.5. The molecule has 2 amide bonds. The van der Waals surface area contributed by atoms with Gasteiger partial charge >= 0.3 is 5.97 Å². The highest BCUT2D eigenvalue weighted by Gasteiger charge is 2.31. The molecule has 0 bridgehead atoms. The van der Waals surface area contributed by atoms with Crippen LogP contribution in [-0.4, -0.2) is 52.9 Å². The monoisotopic (exact) mass is 491 g/mol. The molecule has 9 heteroatoms. The van der Waals surface area contributed by atoms with Gasteiger partial charge in [-0.1, -0.05) is 17.7 Å². The van der Waals surface area contributed by atoms with E-state index in [2.05, 4.69) is 5.32 Å². The van der Waals surface area contributed by atoms with Gasteiger partial charge in [-0.3, -0.25) is 9.59 Å². The number of amides is 2. The fourth-order valence-corrected chi connectivity index (χ4v) is 5.05. The summed E-state index contributed by atoms with van der Waals surface area (Å²) in [7, 11) is 0. The molecule has 7 nitrogen and oxygen atoms in total. The molecule has 0 aliphatic carbocycles. The molecule has 1 N–H and O–H groups in total. The van der Waals surface area contributed by atoms with Gasteiger partial charge in [0.25, 0.3) is 0 Å². The second-order valence-corrected chi connectivity index (χ2v) is 10.0. The molecule has 2 aromatic rings. The zero-order chi connectivity index (χ0) is 24.2. The summed E-state index contributed by atoms with van der Waals surface area (Å²) >= 11 is 7.79. The van der Waals surface area contributed by atoms with Crippen LogP contribution in [0.25, 0.3) is 10.6 Å². The summed E-state index contributed by atoms with van der Waals surface area (Å²) in [6.07, 6.45) is 1.81. The van der Waals surface area contributed by atoms with E-state index in [9.17, 15) is 14.4 Å². The third-order valence-electron chi connectivity index (χ3n) is 5.76. The average Bonchev–Trinajstić information content (AvgIpc) is 3.21. The number of carbonyl (C=O) groups excluding carboxylic acids is 3. The minimum Gasteiger partial charge on any atom is -0.464 e. The molecule has 1 fully saturated rings. The lowest BCUT2D eigenvalue weighted by molar-refractivity contribution is -0.151. The summed E-state index contributed by atoms with van der Waals surface area (Å²) in [6.45, 7) is 8.28. The number of likely N-dealkylation sites (tertiary alicyclic amines) is 1. The van der Waals surface area contributed by atoms with Gasteiger partial charge in [0, 0.05) is 36.0 Å². The van der Waals surface area contributed by atoms with Crippen LogP contribution in [-0.2, 0) is 25.5 Å². The summed E-state index contributed by atoms with van der Waals surface area (Å²) < 4.78 is 5.02. The highest BCUT2D eigenvalue weighted by molar-refractivity contribution is 7.13. The number of rotatable bonds is 7. The largest absolute Gasteiger partial charge is 0.464 e. The molecular weight excluding hydrogens is 462 g/mol. The van der Waals surface area contributed by atoms with Crippen LogP contribution in [0, 0.1) is 0 Å². The fraction of sp³-hybridized carbons (Fsp3) is 0.500. The topological polar surface area (TPSA) is 88.6 Å². The molecule has 3 rings (SSSR count). The Hall–Kier alpha value is -2.45. The van der Waals surface area contributed by atoms with Gasteiger partial charge in [0.2, 0.25) is 11.8 Å². The van der Waals surface area contributed by atoms with E-state index in [1.54, 1.807) is 27.7 Å². The molecule has 1 aliphatic heterocycles. The van der Waals surface area contributed by atoms with Crippen molar-refractivity contribution in [3.05, 3.63) is 39.9 Å². The molecule has 0 radical (unpaired) electrons. The number of hydrogen-bond donors (Lipinski definition) is 1. The Balaban J connectivity index is 1.73. The van der Waals surface area contributed by atoms with Gasteiger partial charge in [-0.2, -0.15) is 0 Å². The normalized spacial score (nSPS) is 14.8. The number of benzene rings is 1. The van der Waals surface area contributed by atoms with Crippen molar-refractivity contribution in [2.45, 2.75) is 58.4 Å². The summed E-state index contributed by atoms with van der Waals surface area (Å²) in [6, 6.07) is 5.81. The van der Waals surface area contributed by atoms with E-state index in [-0.39, 0.29) is 30.8 Å². The van der Waals surface area contributed by atoms with Crippen molar-refractivity contribution in [2.75, 3.05) is 19.7 Å². The minimum atomic E-state index is -1.11. The van der Waals surface area contributed by atoms with Gasteiger partial charge in [0.05, 0.1) is 18.7 Å². The number of halogens is 1. The zero-order valence-electron chi connectivity index (χ0n) is 19.4. The Morgan fingerprint density at radius 1 is 1.27 bits per heavy atom. The van der Waals surface area contributed by atoms with Crippen molar-refractivity contribution < 1.29 is 19.1 Å². The average molecular weight is 492 g/mol. The first kappa shape index (κ1) is 25.2. The molecule has 0 atom stereocenters. The predicted octanol–water partition coefficient (Wildman–Crippen LogP) is 4.19. The molecule has 1 aromatic heterocycles. The fourth-order valence-electron chi connectivity index (χ4n) is 4.00. The van der Waals surface area contributed by atoms with E-state index < -0.39 is 11.5 Å². The lowest BCUT2D eigenvalue weighted by Crippen LogP contribution is -2.51. The molecule has 2 heterocycles. The predicted molar refractivity (Wildman–Crippen MR) is 129 cm³/mol. The van der Waals surface area contributed by atoms with Crippen molar-refractivity contribution in [1.29, 1.82) is 0 Å². The van der Waals surface area contributed by atoms with E-state index in [1.807, 2.05) is 28.5 Å². The van der Waals surface area contributed by atoms with Gasteiger partial charge < -0.3 is 15.0 Å². The first-order valence-electron chi connectivity index (χ1n) is 11.1. The summed E-state index contributed by atoms with van der Waals surface area (Å²) in [4.78, 5) is 42.8. The van der Waals surface area contributed by atoms with E-state index in [4.69, 9.17) is 21.3 Å². The molecular formula is C24H30ClN3O4S. The second kappa shape index (κ2) is 10.7. The second-order valence-electron chi connectivity index (χ2n) is 8.73. The molecule has 1 aliphatic rings. The van der Waals surface area contributed by atoms with Crippen LogP contribution in [0.15, 0.2) is 23.6 Å². The SMILES string of the molecule is CCOC(=O)C(C)(C)NC(=O)Cc1csc(-c2ccc(Cl)cc2C2CCN(C(C)=O)CC2)n1. The quantitative estimate of drug-likeness (QED) is 0.586. The van der Waals surface area contributed by atoms with Crippen molar-refractivity contribution in [2.24, 2.45) is 0 Å². The first-order valence-corrected chi connectivity index (χ1v) is 12.3. The van der Waals surface area contributed by atoms with Gasteiger partial charge in [0.1, 0.15) is 10.5 Å². The van der Waals surface area contributed by atoms with Crippen molar-refractivity contribution in [3.63, 3.8) is 0 Å². The Kier molecular flexibility index (Phi) is 8.13. The van der Waals surface area contributed by atoms with E-state index in [0.717, 1.165) is 42.1 Å². The number of ether oxygens (including phenoxy) is 1. The Morgan fingerprint density at radius 2 is 1.97 bits per heavy atom. The third-order valence-corrected chi connectivity index (χ3v) is 6.91. The van der Waals surface area contributed by atoms with E-state index in [0.29, 0.717) is 10.7 Å². The lowest BCUT2D eigenvalue weighted by Gasteiger charge is -2.32. The van der Waals surface area contributed by atoms with Crippen molar-refractivity contribution in [3.8, 4) is 10.6 Å². The molecule has 1 saturated heterocycles. The number of nitrogens with one attached hydrogen (secondary N) is 1. The van der Waals surface area contributed by atoms with Crippen molar-refractivity contribution in [1.82, 2.24) is 15.2 Å². The highest BCUT2D eigenvalue weighted by Crippen LogP contribution is 2.38. The molecule has 0 spiro atoms. The van der Waals surface area contributed by atoms with Crippen LogP contribution in [0.4, 0.5) is 0 Å². The zero-order valence-corrected chi connectivity index (χ0v) is 21.0. The van der Waals surface area contributed by atoms with Gasteiger partial charge in [-0.15, -0.1) is 11.3 Å². The molecule has 33 heavy (non-hydrogen) atoms. The van der Waals surface area contributed by atoms with Crippen LogP contribution >= 0.6 is 22.9 Å². The Morgan fingerprint density at radius 3 is 2.61 bits per heavy atom. The maximum Gasteiger partial charge on any atom is 0.331 e. The summed E-state index contributed by atoms with van der Waals surface area (Å²) in [5.41, 5.74) is 1.66. The Labute approximate surface area is 203 Å². The highest BCUT2D eigenvalue weighted by atomic mass is 35.5. The summed E-state index contributed by atoms with van der Waals surface area (Å²) in [5, 5.41) is 6.08. The number of carbonyl (C=O) groups is 3. The van der Waals surface area contributed by atoms with Crippen LogP contribution in [0.2, 0.25) is 5.02 Å². The number of aromatic nitrogens is 1. The van der Waals surface area contributed by atoms with Gasteiger partial charge in [-0.25, -0.2) is 9.78 Å². The maximum atomic E-state index is 12.5. The summed E-state index contributed by atoms with van der Waals surface area (Å²) in [5.74, 6) is -0.374. The van der Waals surface area contributed by atoms with E-state index in [1.165, 1.54) is 11.3 Å². The smallest absolute Gasteiger partial charge is 0.331 e. The van der Waals surface area contributed by atoms with Crippen molar-refractivity contribution >= 4 is 40.7 Å². The molecule has 1 aromatic carbocycles. The number of thiazole rings is 1. The molecule has 178 valence electrons. The van der Waals surface area contributed by atoms with Crippen LogP contribution in [0.1, 0.15) is 57.7 Å². The van der Waals surface area contributed by atoms with Crippen LogP contribution in [0.3, 0.4) is 0 Å². The Bertz CT molecular complexity index is 1030. The molecule has 0 unspecified atom stereocenters. The van der Waals surface area contributed by atoms with Gasteiger partial charge in [-0.05, 0) is 57.2 Å². The van der Waals surface area contributed by atoms with Gasteiger partial charge in [0.15, 0.2) is 0 Å². The third kappa shape index (κ3) is 6.32. The van der Waals surface area contributed by atoms with Crippen LogP contribution in [0.5, 0.6) is 0 Å². The minimum absolute atomic E-state index is 0.0687. The first-order chi connectivity index (χ1) is 15.6. The van der Waals surface area contributed by atoms with E-state index >= 15 is 0 Å². The number of esters is 1. The van der Waals surface area contributed by atoms with Crippen LogP contribution < -0.4 is 5.32 Å². The molecule has 0 saturated carbocycles. The number of hydrogen-bond acceptors (Lipinski definition) is 6. The number of nitrogens with zero attached hydrogens (tertiary/aromatic N) is 2. The standard InChI is InChI=1S/C24H30ClN3O4S/c1-5-32-23(31)24(3,4)27-21(30)13-18-14-33-22(26-18)19-7-6-17(25)12-20(19)16-8-10-28(11-9-16)15(2)29/h6-7,12,14,16H,5,8-11,13H2,1-4H3,(H,27,30). The lowest BCUT2D eigenvalue weighted by atomic mass is 9.86. The number of piperidine rings is 1.